The van der Waals surface area contributed by atoms with E-state index in [0.29, 0.717) is 15.7 Å². The standard InChI is InChI=1S/C29H23N3O4S2/c1-18-10-12-20(13-11-18)17-37-29-31-30-28(38-29)32-25(21-8-5-9-22(33)16-21)24(26(35)27(32)36)23(34)15-14-19-6-3-2-4-7-19/h2-16,25,33,35H,17H2,1H3. The number of phenolic OH excluding ortho intramolecular Hbond substituents is 1. The summed E-state index contributed by atoms with van der Waals surface area (Å²) in [5, 5.41) is 29.7. The van der Waals surface area contributed by atoms with Crippen molar-refractivity contribution < 1.29 is 19.8 Å². The maximum absolute atomic E-state index is 13.3. The predicted molar refractivity (Wildman–Crippen MR) is 149 cm³/mol. The zero-order valence-corrected chi connectivity index (χ0v) is 21.9. The number of aryl methyl sites for hydroxylation is 1. The molecule has 0 aliphatic carbocycles. The lowest BCUT2D eigenvalue weighted by molar-refractivity contribution is -0.117. The number of aromatic hydroxyl groups is 1. The van der Waals surface area contributed by atoms with E-state index in [9.17, 15) is 19.8 Å². The van der Waals surface area contributed by atoms with E-state index < -0.39 is 23.5 Å². The molecule has 1 aliphatic heterocycles. The number of ketones is 1. The van der Waals surface area contributed by atoms with Gasteiger partial charge in [-0.15, -0.1) is 10.2 Å². The summed E-state index contributed by atoms with van der Waals surface area (Å²) in [5.41, 5.74) is 3.48. The Morgan fingerprint density at radius 1 is 1.03 bits per heavy atom. The van der Waals surface area contributed by atoms with Crippen LogP contribution in [0, 0.1) is 6.92 Å². The van der Waals surface area contributed by atoms with Crippen molar-refractivity contribution in [3.8, 4) is 5.75 Å². The molecule has 3 aromatic carbocycles. The van der Waals surface area contributed by atoms with Crippen LogP contribution in [0.5, 0.6) is 5.75 Å². The highest BCUT2D eigenvalue weighted by molar-refractivity contribution is 8.00. The third-order valence-electron chi connectivity index (χ3n) is 5.97. The minimum Gasteiger partial charge on any atom is -0.508 e. The van der Waals surface area contributed by atoms with Crippen LogP contribution < -0.4 is 4.90 Å². The Morgan fingerprint density at radius 3 is 2.53 bits per heavy atom. The van der Waals surface area contributed by atoms with Crippen molar-refractivity contribution in [2.45, 2.75) is 23.1 Å². The summed E-state index contributed by atoms with van der Waals surface area (Å²) >= 11 is 2.69. The van der Waals surface area contributed by atoms with E-state index in [1.807, 2.05) is 49.4 Å². The van der Waals surface area contributed by atoms with Gasteiger partial charge in [-0.2, -0.15) is 0 Å². The van der Waals surface area contributed by atoms with Gasteiger partial charge < -0.3 is 10.2 Å². The van der Waals surface area contributed by atoms with Crippen LogP contribution in [0.4, 0.5) is 5.13 Å². The Labute approximate surface area is 227 Å². The van der Waals surface area contributed by atoms with Gasteiger partial charge in [-0.3, -0.25) is 14.5 Å². The average molecular weight is 542 g/mol. The van der Waals surface area contributed by atoms with Gasteiger partial charge >= 0.3 is 0 Å². The smallest absolute Gasteiger partial charge is 0.296 e. The number of thioether (sulfide) groups is 1. The molecule has 0 bridgehead atoms. The summed E-state index contributed by atoms with van der Waals surface area (Å²) in [6, 6.07) is 22.7. The first-order chi connectivity index (χ1) is 18.4. The molecule has 9 heteroatoms. The van der Waals surface area contributed by atoms with Gasteiger partial charge in [-0.1, -0.05) is 101 Å². The summed E-state index contributed by atoms with van der Waals surface area (Å²) in [7, 11) is 0. The van der Waals surface area contributed by atoms with Crippen LogP contribution in [0.1, 0.15) is 28.3 Å². The summed E-state index contributed by atoms with van der Waals surface area (Å²) in [4.78, 5) is 27.9. The van der Waals surface area contributed by atoms with Crippen molar-refractivity contribution in [3.05, 3.63) is 119 Å². The van der Waals surface area contributed by atoms with Crippen molar-refractivity contribution >= 4 is 46.0 Å². The molecule has 1 aliphatic rings. The molecule has 7 nitrogen and oxygen atoms in total. The van der Waals surface area contributed by atoms with Gasteiger partial charge in [0.15, 0.2) is 15.9 Å². The Balaban J connectivity index is 1.45. The fourth-order valence-electron chi connectivity index (χ4n) is 4.08. The normalized spacial score (nSPS) is 15.6. The molecule has 5 rings (SSSR count). The van der Waals surface area contributed by atoms with E-state index in [-0.39, 0.29) is 16.5 Å². The number of aliphatic hydroxyl groups is 1. The first-order valence-corrected chi connectivity index (χ1v) is 13.6. The van der Waals surface area contributed by atoms with Crippen LogP contribution in [0.15, 0.2) is 101 Å². The number of benzene rings is 3. The molecule has 1 unspecified atom stereocenters. The van der Waals surface area contributed by atoms with Crippen molar-refractivity contribution in [2.24, 2.45) is 0 Å². The molecule has 0 saturated heterocycles. The molecule has 2 heterocycles. The number of hydrogen-bond acceptors (Lipinski definition) is 8. The van der Waals surface area contributed by atoms with Gasteiger partial charge in [-0.25, -0.2) is 0 Å². The van der Waals surface area contributed by atoms with E-state index in [4.69, 9.17) is 0 Å². The summed E-state index contributed by atoms with van der Waals surface area (Å²) in [5.74, 6) is -1.27. The number of nitrogens with zero attached hydrogens (tertiary/aromatic N) is 3. The summed E-state index contributed by atoms with van der Waals surface area (Å²) in [6.07, 6.45) is 2.95. The lowest BCUT2D eigenvalue weighted by Gasteiger charge is -2.23. The average Bonchev–Trinajstić information content (AvgIpc) is 3.49. The predicted octanol–water partition coefficient (Wildman–Crippen LogP) is 6.03. The summed E-state index contributed by atoms with van der Waals surface area (Å²) < 4.78 is 0.645. The van der Waals surface area contributed by atoms with Crippen LogP contribution in [0.25, 0.3) is 6.08 Å². The Hall–Kier alpha value is -4.21. The number of aromatic nitrogens is 2. The molecule has 0 saturated carbocycles. The lowest BCUT2D eigenvalue weighted by atomic mass is 9.95. The maximum Gasteiger partial charge on any atom is 0.296 e. The van der Waals surface area contributed by atoms with E-state index in [0.717, 1.165) is 11.1 Å². The molecule has 1 amide bonds. The number of allylic oxidation sites excluding steroid dienone is 1. The van der Waals surface area contributed by atoms with Crippen LogP contribution in [0.2, 0.25) is 0 Å². The summed E-state index contributed by atoms with van der Waals surface area (Å²) in [6.45, 7) is 2.03. The number of aliphatic hydroxyl groups excluding tert-OH is 1. The highest BCUT2D eigenvalue weighted by Crippen LogP contribution is 2.43. The van der Waals surface area contributed by atoms with Crippen LogP contribution in [0.3, 0.4) is 0 Å². The molecule has 4 aromatic rings. The second-order valence-electron chi connectivity index (χ2n) is 8.67. The Morgan fingerprint density at radius 2 is 1.79 bits per heavy atom. The highest BCUT2D eigenvalue weighted by Gasteiger charge is 2.45. The zero-order valence-electron chi connectivity index (χ0n) is 20.3. The number of amides is 1. The number of hydrogen-bond donors (Lipinski definition) is 2. The molecule has 190 valence electrons. The SMILES string of the molecule is Cc1ccc(CSc2nnc(N3C(=O)C(O)=C(C(=O)C=Cc4ccccc4)C3c3cccc(O)c3)s2)cc1. The Bertz CT molecular complexity index is 1550. The number of rotatable bonds is 8. The molecular weight excluding hydrogens is 518 g/mol. The van der Waals surface area contributed by atoms with Gasteiger partial charge in [0.1, 0.15) is 5.75 Å². The quantitative estimate of drug-likeness (QED) is 0.160. The third kappa shape index (κ3) is 5.39. The van der Waals surface area contributed by atoms with Crippen molar-refractivity contribution in [3.63, 3.8) is 0 Å². The second kappa shape index (κ2) is 11.0. The fourth-order valence-corrected chi connectivity index (χ4v) is 5.90. The number of phenols is 1. The minimum absolute atomic E-state index is 0.0282. The van der Waals surface area contributed by atoms with E-state index in [2.05, 4.69) is 22.3 Å². The molecule has 1 atom stereocenters. The van der Waals surface area contributed by atoms with Crippen molar-refractivity contribution in [1.29, 1.82) is 0 Å². The first kappa shape index (κ1) is 25.4. The topological polar surface area (TPSA) is 104 Å². The molecule has 0 spiro atoms. The molecule has 0 radical (unpaired) electrons. The fraction of sp³-hybridized carbons (Fsp3) is 0.103. The molecule has 38 heavy (non-hydrogen) atoms. The van der Waals surface area contributed by atoms with E-state index >= 15 is 0 Å². The largest absolute Gasteiger partial charge is 0.508 e. The molecule has 2 N–H and O–H groups in total. The van der Waals surface area contributed by atoms with Crippen LogP contribution >= 0.6 is 23.1 Å². The highest BCUT2D eigenvalue weighted by atomic mass is 32.2. The Kier molecular flexibility index (Phi) is 7.39. The van der Waals surface area contributed by atoms with Crippen molar-refractivity contribution in [2.75, 3.05) is 4.90 Å². The van der Waals surface area contributed by atoms with Gasteiger partial charge in [0, 0.05) is 5.75 Å². The third-order valence-corrected chi connectivity index (χ3v) is 8.10. The van der Waals surface area contributed by atoms with E-state index in [1.54, 1.807) is 18.2 Å². The second-order valence-corrected chi connectivity index (χ2v) is 10.8. The van der Waals surface area contributed by atoms with Crippen LogP contribution in [-0.4, -0.2) is 32.1 Å². The van der Waals surface area contributed by atoms with Gasteiger partial charge in [0.2, 0.25) is 5.13 Å². The zero-order chi connectivity index (χ0) is 26.6. The van der Waals surface area contributed by atoms with Gasteiger partial charge in [0.05, 0.1) is 11.6 Å². The number of anilines is 1. The molecular formula is C29H23N3O4S2. The van der Waals surface area contributed by atoms with Crippen LogP contribution in [-0.2, 0) is 15.3 Å². The molecule has 1 aromatic heterocycles. The van der Waals surface area contributed by atoms with Crippen molar-refractivity contribution in [1.82, 2.24) is 10.2 Å². The molecule has 0 fully saturated rings. The number of carbonyl (C=O) groups excluding carboxylic acids is 2. The van der Waals surface area contributed by atoms with Gasteiger partial charge in [0.25, 0.3) is 5.91 Å². The first-order valence-electron chi connectivity index (χ1n) is 11.8. The maximum atomic E-state index is 13.3. The monoisotopic (exact) mass is 541 g/mol. The lowest BCUT2D eigenvalue weighted by Crippen LogP contribution is -2.30. The van der Waals surface area contributed by atoms with Gasteiger partial charge in [-0.05, 0) is 41.8 Å². The minimum atomic E-state index is -0.981. The number of carbonyl (C=O) groups is 2. The van der Waals surface area contributed by atoms with E-state index in [1.165, 1.54) is 51.8 Å².